The second-order valence-electron chi connectivity index (χ2n) is 7.41. The van der Waals surface area contributed by atoms with Crippen molar-refractivity contribution in [1.82, 2.24) is 15.2 Å². The van der Waals surface area contributed by atoms with Crippen molar-refractivity contribution in [2.24, 2.45) is 0 Å². The van der Waals surface area contributed by atoms with E-state index in [0.717, 1.165) is 22.9 Å². The van der Waals surface area contributed by atoms with Gasteiger partial charge >= 0.3 is 5.97 Å². The number of fused-ring (bicyclic) bond motifs is 2. The van der Waals surface area contributed by atoms with Gasteiger partial charge in [-0.15, -0.1) is 11.8 Å². The molecule has 8 heteroatoms. The summed E-state index contributed by atoms with van der Waals surface area (Å²) in [4.78, 5) is 42.1. The van der Waals surface area contributed by atoms with Gasteiger partial charge in [-0.05, 0) is 25.0 Å². The number of nitrogens with zero attached hydrogens (tertiary/aromatic N) is 1. The lowest BCUT2D eigenvalue weighted by Gasteiger charge is -2.30. The van der Waals surface area contributed by atoms with Crippen LogP contribution in [-0.4, -0.2) is 57.5 Å². The Morgan fingerprint density at radius 3 is 3.00 bits per heavy atom. The zero-order valence-electron chi connectivity index (χ0n) is 15.9. The van der Waals surface area contributed by atoms with Gasteiger partial charge in [-0.2, -0.15) is 0 Å². The Kier molecular flexibility index (Phi) is 4.82. The van der Waals surface area contributed by atoms with Crippen molar-refractivity contribution < 1.29 is 19.1 Å². The Morgan fingerprint density at radius 1 is 1.43 bits per heavy atom. The molecule has 0 aliphatic carbocycles. The Balaban J connectivity index is 1.53. The number of hydrogen-bond acceptors (Lipinski definition) is 5. The number of rotatable bonds is 5. The second kappa shape index (κ2) is 7.16. The van der Waals surface area contributed by atoms with Gasteiger partial charge in [-0.1, -0.05) is 18.2 Å². The number of aromatic amines is 1. The average Bonchev–Trinajstić information content (AvgIpc) is 3.34. The number of aromatic nitrogens is 1. The molecule has 0 radical (unpaired) electrons. The van der Waals surface area contributed by atoms with E-state index >= 15 is 0 Å². The number of benzene rings is 1. The number of esters is 1. The van der Waals surface area contributed by atoms with Crippen molar-refractivity contribution in [3.05, 3.63) is 36.0 Å². The van der Waals surface area contributed by atoms with Crippen LogP contribution in [0.5, 0.6) is 0 Å². The molecule has 2 fully saturated rings. The first kappa shape index (κ1) is 18.9. The minimum absolute atomic E-state index is 0.00102. The molecule has 2 aliphatic rings. The zero-order valence-corrected chi connectivity index (χ0v) is 16.7. The van der Waals surface area contributed by atoms with Crippen LogP contribution in [-0.2, 0) is 25.5 Å². The smallest absolute Gasteiger partial charge is 0.328 e. The highest BCUT2D eigenvalue weighted by atomic mass is 32.2. The molecule has 2 amide bonds. The van der Waals surface area contributed by atoms with Gasteiger partial charge in [-0.25, -0.2) is 4.79 Å². The van der Waals surface area contributed by atoms with E-state index < -0.39 is 18.1 Å². The van der Waals surface area contributed by atoms with E-state index in [-0.39, 0.29) is 16.7 Å². The van der Waals surface area contributed by atoms with Crippen molar-refractivity contribution in [1.29, 1.82) is 0 Å². The largest absolute Gasteiger partial charge is 0.467 e. The number of carbonyl (C=O) groups is 3. The standard InChI is InChI=1S/C20H23N3O4S/c1-20-8-7-17(24)23(20)16(11-28-20)18(25)22-15(19(26)27-2)9-12-10-21-14-6-4-3-5-13(12)14/h3-6,10,15-16,21H,7-9,11H2,1-2H3,(H,22,25)/t15-,16?,20?/m1/s1. The van der Waals surface area contributed by atoms with Crippen LogP contribution < -0.4 is 5.32 Å². The molecule has 7 nitrogen and oxygen atoms in total. The summed E-state index contributed by atoms with van der Waals surface area (Å²) in [5, 5.41) is 3.83. The van der Waals surface area contributed by atoms with Crippen molar-refractivity contribution in [2.45, 2.75) is 43.1 Å². The summed E-state index contributed by atoms with van der Waals surface area (Å²) < 4.78 is 4.91. The number of carbonyl (C=O) groups excluding carboxylic acids is 3. The molecule has 2 saturated heterocycles. The third-order valence-electron chi connectivity index (χ3n) is 5.65. The summed E-state index contributed by atoms with van der Waals surface area (Å²) in [5.74, 6) is -0.268. The highest BCUT2D eigenvalue weighted by Gasteiger charge is 2.53. The van der Waals surface area contributed by atoms with E-state index in [1.165, 1.54) is 7.11 Å². The molecule has 148 valence electrons. The minimum Gasteiger partial charge on any atom is -0.467 e. The Bertz CT molecular complexity index is 942. The lowest BCUT2D eigenvalue weighted by molar-refractivity contribution is -0.146. The van der Waals surface area contributed by atoms with Crippen LogP contribution in [0, 0.1) is 0 Å². The molecule has 28 heavy (non-hydrogen) atoms. The van der Waals surface area contributed by atoms with E-state index in [1.54, 1.807) is 16.7 Å². The average molecular weight is 401 g/mol. The van der Waals surface area contributed by atoms with Gasteiger partial charge in [0.2, 0.25) is 11.8 Å². The molecule has 2 unspecified atom stereocenters. The highest BCUT2D eigenvalue weighted by Crippen LogP contribution is 2.47. The minimum atomic E-state index is -0.814. The van der Waals surface area contributed by atoms with E-state index in [2.05, 4.69) is 10.3 Å². The fourth-order valence-corrected chi connectivity index (χ4v) is 5.57. The summed E-state index contributed by atoms with van der Waals surface area (Å²) in [6, 6.07) is 6.43. The van der Waals surface area contributed by atoms with Crippen LogP contribution >= 0.6 is 11.8 Å². The van der Waals surface area contributed by atoms with Gasteiger partial charge in [0.1, 0.15) is 12.1 Å². The van der Waals surface area contributed by atoms with E-state index in [0.29, 0.717) is 18.6 Å². The summed E-state index contributed by atoms with van der Waals surface area (Å²) in [6.45, 7) is 2.00. The van der Waals surface area contributed by atoms with Crippen LogP contribution in [0.25, 0.3) is 10.9 Å². The first-order chi connectivity index (χ1) is 13.4. The number of hydrogen-bond donors (Lipinski definition) is 2. The molecule has 1 aromatic heterocycles. The van der Waals surface area contributed by atoms with Gasteiger partial charge < -0.3 is 19.9 Å². The fraction of sp³-hybridized carbons (Fsp3) is 0.450. The maximum Gasteiger partial charge on any atom is 0.328 e. The number of methoxy groups -OCH3 is 1. The number of thioether (sulfide) groups is 1. The van der Waals surface area contributed by atoms with E-state index in [9.17, 15) is 14.4 Å². The van der Waals surface area contributed by atoms with Gasteiger partial charge in [0.05, 0.1) is 12.0 Å². The Morgan fingerprint density at radius 2 is 2.21 bits per heavy atom. The lowest BCUT2D eigenvalue weighted by Crippen LogP contribution is -2.54. The summed E-state index contributed by atoms with van der Waals surface area (Å²) in [6.07, 6.45) is 3.37. The molecule has 0 bridgehead atoms. The summed E-state index contributed by atoms with van der Waals surface area (Å²) in [5.41, 5.74) is 1.90. The maximum atomic E-state index is 13.0. The number of amides is 2. The molecule has 2 N–H and O–H groups in total. The zero-order chi connectivity index (χ0) is 19.9. The van der Waals surface area contributed by atoms with Crippen molar-refractivity contribution in [3.8, 4) is 0 Å². The van der Waals surface area contributed by atoms with Crippen molar-refractivity contribution >= 4 is 40.4 Å². The monoisotopic (exact) mass is 401 g/mol. The van der Waals surface area contributed by atoms with Crippen LogP contribution in [0.2, 0.25) is 0 Å². The van der Waals surface area contributed by atoms with Crippen molar-refractivity contribution in [3.63, 3.8) is 0 Å². The van der Waals surface area contributed by atoms with Gasteiger partial charge in [-0.3, -0.25) is 9.59 Å². The van der Waals surface area contributed by atoms with Crippen LogP contribution in [0.3, 0.4) is 0 Å². The number of para-hydroxylation sites is 1. The predicted molar refractivity (Wildman–Crippen MR) is 107 cm³/mol. The van der Waals surface area contributed by atoms with Gasteiger partial charge in [0, 0.05) is 35.7 Å². The molecular weight excluding hydrogens is 378 g/mol. The van der Waals surface area contributed by atoms with Crippen LogP contribution in [0.4, 0.5) is 0 Å². The highest BCUT2D eigenvalue weighted by molar-refractivity contribution is 8.01. The SMILES string of the molecule is COC(=O)[C@@H](Cc1c[nH]c2ccccc12)NC(=O)C1CSC2(C)CCC(=O)N12. The molecule has 0 saturated carbocycles. The molecule has 0 spiro atoms. The third kappa shape index (κ3) is 3.15. The van der Waals surface area contributed by atoms with Gasteiger partial charge in [0.15, 0.2) is 0 Å². The van der Waals surface area contributed by atoms with Crippen molar-refractivity contribution in [2.75, 3.05) is 12.9 Å². The van der Waals surface area contributed by atoms with E-state index in [1.807, 2.05) is 37.4 Å². The normalized spacial score (nSPS) is 25.0. The first-order valence-electron chi connectivity index (χ1n) is 9.32. The summed E-state index contributed by atoms with van der Waals surface area (Å²) in [7, 11) is 1.31. The topological polar surface area (TPSA) is 91.5 Å². The predicted octanol–water partition coefficient (Wildman–Crippen LogP) is 1.82. The molecule has 2 aromatic rings. The molecule has 3 atom stereocenters. The third-order valence-corrected chi connectivity index (χ3v) is 7.15. The Labute approximate surface area is 167 Å². The van der Waals surface area contributed by atoms with Crippen LogP contribution in [0.15, 0.2) is 30.5 Å². The number of nitrogens with one attached hydrogen (secondary N) is 2. The first-order valence-corrected chi connectivity index (χ1v) is 10.3. The molecular formula is C20H23N3O4S. The molecule has 3 heterocycles. The molecule has 4 rings (SSSR count). The quantitative estimate of drug-likeness (QED) is 0.746. The molecule has 1 aromatic carbocycles. The fourth-order valence-electron chi connectivity index (χ4n) is 4.14. The molecule has 2 aliphatic heterocycles. The maximum absolute atomic E-state index is 13.0. The van der Waals surface area contributed by atoms with E-state index in [4.69, 9.17) is 4.74 Å². The number of ether oxygens (including phenoxy) is 1. The lowest BCUT2D eigenvalue weighted by atomic mass is 10.0. The Hall–Kier alpha value is -2.48. The summed E-state index contributed by atoms with van der Waals surface area (Å²) >= 11 is 1.63. The van der Waals surface area contributed by atoms with Crippen LogP contribution in [0.1, 0.15) is 25.3 Å². The second-order valence-corrected chi connectivity index (χ2v) is 8.92. The number of H-pyrrole nitrogens is 1. The van der Waals surface area contributed by atoms with Gasteiger partial charge in [0.25, 0.3) is 0 Å².